The van der Waals surface area contributed by atoms with Crippen LogP contribution >= 0.6 is 0 Å². The van der Waals surface area contributed by atoms with Gasteiger partial charge in [-0.05, 0) is 42.5 Å². The Bertz CT molecular complexity index is 385. The summed E-state index contributed by atoms with van der Waals surface area (Å²) in [6.07, 6.45) is 3.72. The molecule has 0 amide bonds. The molecule has 0 bridgehead atoms. The van der Waals surface area contributed by atoms with Gasteiger partial charge < -0.3 is 4.74 Å². The summed E-state index contributed by atoms with van der Waals surface area (Å²) >= 11 is 0. The van der Waals surface area contributed by atoms with Gasteiger partial charge in [0, 0.05) is 12.0 Å². The van der Waals surface area contributed by atoms with Gasteiger partial charge in [-0.2, -0.15) is 0 Å². The van der Waals surface area contributed by atoms with Crippen molar-refractivity contribution in [3.8, 4) is 5.75 Å². The van der Waals surface area contributed by atoms with E-state index in [0.717, 1.165) is 37.2 Å². The topological polar surface area (TPSA) is 26.3 Å². The Morgan fingerprint density at radius 3 is 2.32 bits per heavy atom. The summed E-state index contributed by atoms with van der Waals surface area (Å²) < 4.78 is 5.58. The molecule has 1 aromatic rings. The number of carbonyl (C=O) groups is 1. The van der Waals surface area contributed by atoms with E-state index < -0.39 is 0 Å². The monoisotopic (exact) mass is 262 g/mol. The predicted molar refractivity (Wildman–Crippen MR) is 79.9 cm³/mol. The Morgan fingerprint density at radius 2 is 1.79 bits per heavy atom. The van der Waals surface area contributed by atoms with Crippen molar-refractivity contribution in [2.45, 2.75) is 53.4 Å². The van der Waals surface area contributed by atoms with Crippen LogP contribution in [0.25, 0.3) is 0 Å². The van der Waals surface area contributed by atoms with Crippen LogP contribution < -0.4 is 4.74 Å². The number of carbonyl (C=O) groups excluding carboxylic acids is 1. The second-order valence-electron chi connectivity index (χ2n) is 6.21. The van der Waals surface area contributed by atoms with Gasteiger partial charge in [0.2, 0.25) is 0 Å². The summed E-state index contributed by atoms with van der Waals surface area (Å²) in [4.78, 5) is 12.0. The highest BCUT2D eigenvalue weighted by atomic mass is 16.5. The Balaban J connectivity index is 2.48. The van der Waals surface area contributed by atoms with Crippen molar-refractivity contribution >= 4 is 5.78 Å². The smallest absolute Gasteiger partial charge is 0.162 e. The highest BCUT2D eigenvalue weighted by Gasteiger charge is 2.14. The van der Waals surface area contributed by atoms with Gasteiger partial charge in [0.15, 0.2) is 5.78 Å². The third-order valence-corrected chi connectivity index (χ3v) is 3.04. The zero-order chi connectivity index (χ0) is 14.3. The Kier molecular flexibility index (Phi) is 6.07. The van der Waals surface area contributed by atoms with Crippen LogP contribution in [-0.2, 0) is 0 Å². The van der Waals surface area contributed by atoms with E-state index >= 15 is 0 Å². The molecule has 0 aliphatic rings. The van der Waals surface area contributed by atoms with Gasteiger partial charge in [-0.15, -0.1) is 0 Å². The molecule has 0 N–H and O–H groups in total. The molecule has 19 heavy (non-hydrogen) atoms. The van der Waals surface area contributed by atoms with E-state index in [9.17, 15) is 4.79 Å². The van der Waals surface area contributed by atoms with Crippen LogP contribution in [0.1, 0.15) is 63.7 Å². The molecule has 0 saturated heterocycles. The lowest BCUT2D eigenvalue weighted by molar-refractivity contribution is 0.0966. The third kappa shape index (κ3) is 6.42. The number of hydrogen-bond donors (Lipinski definition) is 0. The van der Waals surface area contributed by atoms with Crippen molar-refractivity contribution < 1.29 is 9.53 Å². The molecular weight excluding hydrogens is 236 g/mol. The molecule has 0 aromatic heterocycles. The van der Waals surface area contributed by atoms with Crippen LogP contribution in [-0.4, -0.2) is 12.4 Å². The summed E-state index contributed by atoms with van der Waals surface area (Å²) in [6.45, 7) is 9.36. The van der Waals surface area contributed by atoms with Crippen molar-refractivity contribution in [3.63, 3.8) is 0 Å². The first-order valence-electron chi connectivity index (χ1n) is 7.18. The number of ether oxygens (including phenoxy) is 1. The van der Waals surface area contributed by atoms with Crippen LogP contribution in [0.5, 0.6) is 5.75 Å². The maximum atomic E-state index is 12.0. The first-order valence-corrected chi connectivity index (χ1v) is 7.18. The largest absolute Gasteiger partial charge is 0.494 e. The zero-order valence-corrected chi connectivity index (χ0v) is 12.7. The van der Waals surface area contributed by atoms with E-state index in [1.807, 2.05) is 24.3 Å². The van der Waals surface area contributed by atoms with Crippen molar-refractivity contribution in [2.75, 3.05) is 6.61 Å². The minimum absolute atomic E-state index is 0.207. The third-order valence-electron chi connectivity index (χ3n) is 3.04. The average Bonchev–Trinajstić information content (AvgIpc) is 2.36. The van der Waals surface area contributed by atoms with E-state index in [-0.39, 0.29) is 11.2 Å². The van der Waals surface area contributed by atoms with E-state index in [1.54, 1.807) is 0 Å². The van der Waals surface area contributed by atoms with E-state index in [4.69, 9.17) is 4.74 Å². The van der Waals surface area contributed by atoms with Crippen LogP contribution in [0.2, 0.25) is 0 Å². The summed E-state index contributed by atoms with van der Waals surface area (Å²) in [5, 5.41) is 0. The molecule has 2 nitrogen and oxygen atoms in total. The van der Waals surface area contributed by atoms with Gasteiger partial charge in [0.25, 0.3) is 0 Å². The van der Waals surface area contributed by atoms with Crippen molar-refractivity contribution in [1.29, 1.82) is 0 Å². The van der Waals surface area contributed by atoms with Gasteiger partial charge in [-0.3, -0.25) is 4.79 Å². The molecule has 0 aliphatic carbocycles. The van der Waals surface area contributed by atoms with Crippen LogP contribution in [0.15, 0.2) is 24.3 Å². The standard InChI is InChI=1S/C17H26O2/c1-5-6-13-19-15-9-7-14(8-10-15)16(18)11-12-17(2,3)4/h7-10H,5-6,11-13H2,1-4H3. The molecular formula is C17H26O2. The fourth-order valence-electron chi connectivity index (χ4n) is 1.70. The van der Waals surface area contributed by atoms with Gasteiger partial charge in [0.1, 0.15) is 5.75 Å². The van der Waals surface area contributed by atoms with Gasteiger partial charge in [0.05, 0.1) is 6.61 Å². The Labute approximate surface area is 117 Å². The number of ketones is 1. The summed E-state index contributed by atoms with van der Waals surface area (Å²) in [7, 11) is 0. The van der Waals surface area contributed by atoms with Gasteiger partial charge >= 0.3 is 0 Å². The number of hydrogen-bond acceptors (Lipinski definition) is 2. The minimum atomic E-state index is 0.207. The molecule has 0 saturated carbocycles. The predicted octanol–water partition coefficient (Wildman–Crippen LogP) is 4.87. The van der Waals surface area contributed by atoms with Crippen LogP contribution in [0.3, 0.4) is 0 Å². The molecule has 0 fully saturated rings. The molecule has 0 spiro atoms. The number of Topliss-reactive ketones (excluding diaryl/α,β-unsaturated/α-hetero) is 1. The molecule has 106 valence electrons. The van der Waals surface area contributed by atoms with Crippen molar-refractivity contribution in [1.82, 2.24) is 0 Å². The summed E-state index contributed by atoms with van der Waals surface area (Å²) in [5.74, 6) is 1.07. The Morgan fingerprint density at radius 1 is 1.16 bits per heavy atom. The lowest BCUT2D eigenvalue weighted by Crippen LogP contribution is -2.09. The number of rotatable bonds is 7. The van der Waals surface area contributed by atoms with Crippen molar-refractivity contribution in [2.24, 2.45) is 5.41 Å². The Hall–Kier alpha value is -1.31. The fraction of sp³-hybridized carbons (Fsp3) is 0.588. The number of benzene rings is 1. The second kappa shape index (κ2) is 7.32. The summed E-state index contributed by atoms with van der Waals surface area (Å²) in [5.41, 5.74) is 0.992. The molecule has 0 unspecified atom stereocenters. The van der Waals surface area contributed by atoms with Crippen LogP contribution in [0.4, 0.5) is 0 Å². The molecule has 0 heterocycles. The summed E-state index contributed by atoms with van der Waals surface area (Å²) in [6, 6.07) is 7.51. The minimum Gasteiger partial charge on any atom is -0.494 e. The molecule has 0 aliphatic heterocycles. The molecule has 1 aromatic carbocycles. The lowest BCUT2D eigenvalue weighted by atomic mass is 9.88. The second-order valence-corrected chi connectivity index (χ2v) is 6.21. The molecule has 0 atom stereocenters. The van der Waals surface area contributed by atoms with E-state index in [1.165, 1.54) is 0 Å². The maximum Gasteiger partial charge on any atom is 0.162 e. The van der Waals surface area contributed by atoms with E-state index in [2.05, 4.69) is 27.7 Å². The fourth-order valence-corrected chi connectivity index (χ4v) is 1.70. The molecule has 1 rings (SSSR count). The van der Waals surface area contributed by atoms with Gasteiger partial charge in [-0.25, -0.2) is 0 Å². The highest BCUT2D eigenvalue weighted by molar-refractivity contribution is 5.96. The van der Waals surface area contributed by atoms with Crippen molar-refractivity contribution in [3.05, 3.63) is 29.8 Å². The van der Waals surface area contributed by atoms with Crippen LogP contribution in [0, 0.1) is 5.41 Å². The SMILES string of the molecule is CCCCOc1ccc(C(=O)CCC(C)(C)C)cc1. The first-order chi connectivity index (χ1) is 8.92. The van der Waals surface area contributed by atoms with E-state index in [0.29, 0.717) is 6.42 Å². The lowest BCUT2D eigenvalue weighted by Gasteiger charge is -2.17. The normalized spacial score (nSPS) is 11.4. The quantitative estimate of drug-likeness (QED) is 0.517. The maximum absolute atomic E-state index is 12.0. The number of unbranched alkanes of at least 4 members (excludes halogenated alkanes) is 1. The van der Waals surface area contributed by atoms with Gasteiger partial charge in [-0.1, -0.05) is 34.1 Å². The first kappa shape index (κ1) is 15.7. The zero-order valence-electron chi connectivity index (χ0n) is 12.7. The average molecular weight is 262 g/mol. The molecule has 2 heteroatoms. The highest BCUT2D eigenvalue weighted by Crippen LogP contribution is 2.22. The molecule has 0 radical (unpaired) electrons.